The number of amides is 1. The fraction of sp³-hybridized carbons (Fsp3) is 0.933. The first-order valence-electron chi connectivity index (χ1n) is 8.11. The summed E-state index contributed by atoms with van der Waals surface area (Å²) in [5, 5.41) is 3.06. The van der Waals surface area contributed by atoms with Crippen LogP contribution in [0.5, 0.6) is 0 Å². The largest absolute Gasteiger partial charge is 0.353 e. The van der Waals surface area contributed by atoms with Crippen LogP contribution in [0, 0.1) is 0 Å². The predicted octanol–water partition coefficient (Wildman–Crippen LogP) is 0.399. The van der Waals surface area contributed by atoms with Crippen molar-refractivity contribution in [3.8, 4) is 0 Å². The fourth-order valence-electron chi connectivity index (χ4n) is 2.89. The Morgan fingerprint density at radius 1 is 1.25 bits per heavy atom. The van der Waals surface area contributed by atoms with E-state index in [4.69, 9.17) is 5.73 Å². The third-order valence-electron chi connectivity index (χ3n) is 4.71. The molecule has 0 radical (unpaired) electrons. The molecule has 5 heteroatoms. The molecule has 0 aromatic rings. The van der Waals surface area contributed by atoms with E-state index in [9.17, 15) is 4.79 Å². The number of nitrogens with two attached hydrogens (primary N) is 1. The van der Waals surface area contributed by atoms with Crippen molar-refractivity contribution in [1.29, 1.82) is 0 Å². The van der Waals surface area contributed by atoms with E-state index < -0.39 is 0 Å². The summed E-state index contributed by atoms with van der Waals surface area (Å²) in [6, 6.07) is 1.31. The number of carbonyl (C=O) groups excluding carboxylic acids is 1. The van der Waals surface area contributed by atoms with Gasteiger partial charge < -0.3 is 11.1 Å². The van der Waals surface area contributed by atoms with Crippen LogP contribution in [0.2, 0.25) is 0 Å². The maximum Gasteiger partial charge on any atom is 0.221 e. The summed E-state index contributed by atoms with van der Waals surface area (Å²) in [5.74, 6) is 0.173. The maximum absolute atomic E-state index is 11.9. The first-order valence-corrected chi connectivity index (χ1v) is 8.11. The molecule has 0 aromatic carbocycles. The second kappa shape index (κ2) is 7.38. The highest BCUT2D eigenvalue weighted by Crippen LogP contribution is 2.19. The Morgan fingerprint density at radius 2 is 1.85 bits per heavy atom. The van der Waals surface area contributed by atoms with E-state index in [1.54, 1.807) is 0 Å². The fourth-order valence-corrected chi connectivity index (χ4v) is 2.89. The highest BCUT2D eigenvalue weighted by Gasteiger charge is 2.28. The third kappa shape index (κ3) is 4.43. The highest BCUT2D eigenvalue weighted by molar-refractivity contribution is 5.77. The van der Waals surface area contributed by atoms with Crippen molar-refractivity contribution in [1.82, 2.24) is 15.1 Å². The molecule has 2 rings (SSSR count). The van der Waals surface area contributed by atoms with E-state index in [1.165, 1.54) is 6.42 Å². The van der Waals surface area contributed by atoms with Gasteiger partial charge in [0.15, 0.2) is 0 Å². The Hall–Kier alpha value is -0.650. The number of nitrogens with zero attached hydrogens (tertiary/aromatic N) is 2. The van der Waals surface area contributed by atoms with Crippen molar-refractivity contribution in [2.75, 3.05) is 32.7 Å². The molecule has 1 aliphatic carbocycles. The van der Waals surface area contributed by atoms with E-state index in [0.29, 0.717) is 25.0 Å². The molecule has 5 nitrogen and oxygen atoms in total. The van der Waals surface area contributed by atoms with Gasteiger partial charge in [0.25, 0.3) is 0 Å². The second-order valence-electron chi connectivity index (χ2n) is 6.26. The molecule has 116 valence electrons. The summed E-state index contributed by atoms with van der Waals surface area (Å²) in [5.41, 5.74) is 5.88. The standard InChI is InChI=1S/C15H30N4O/c1-3-12(2)18-6-8-19(9-7-18)14(11-16)10-15(20)17-13-4-5-13/h12-14H,3-11,16H2,1-2H3,(H,17,20). The summed E-state index contributed by atoms with van der Waals surface area (Å²) >= 11 is 0. The Morgan fingerprint density at radius 3 is 2.35 bits per heavy atom. The molecule has 2 fully saturated rings. The van der Waals surface area contributed by atoms with Crippen molar-refractivity contribution in [3.63, 3.8) is 0 Å². The van der Waals surface area contributed by atoms with Crippen LogP contribution in [0.3, 0.4) is 0 Å². The van der Waals surface area contributed by atoms with Gasteiger partial charge in [0, 0.05) is 57.3 Å². The quantitative estimate of drug-likeness (QED) is 0.709. The topological polar surface area (TPSA) is 61.6 Å². The molecule has 1 saturated carbocycles. The van der Waals surface area contributed by atoms with Crippen LogP contribution in [0.15, 0.2) is 0 Å². The molecule has 2 atom stereocenters. The van der Waals surface area contributed by atoms with Gasteiger partial charge in [0.05, 0.1) is 0 Å². The van der Waals surface area contributed by atoms with Crippen LogP contribution < -0.4 is 11.1 Å². The molecule has 3 N–H and O–H groups in total. The lowest BCUT2D eigenvalue weighted by atomic mass is 10.1. The maximum atomic E-state index is 11.9. The summed E-state index contributed by atoms with van der Waals surface area (Å²) in [6.45, 7) is 9.35. The molecular weight excluding hydrogens is 252 g/mol. The molecular formula is C15H30N4O. The smallest absolute Gasteiger partial charge is 0.221 e. The zero-order valence-electron chi connectivity index (χ0n) is 13.0. The SMILES string of the molecule is CCC(C)N1CCN(C(CN)CC(=O)NC2CC2)CC1. The van der Waals surface area contributed by atoms with E-state index in [2.05, 4.69) is 29.0 Å². The minimum absolute atomic E-state index is 0.173. The van der Waals surface area contributed by atoms with Crippen LogP contribution >= 0.6 is 0 Å². The molecule has 0 aromatic heterocycles. The van der Waals surface area contributed by atoms with Crippen LogP contribution in [0.4, 0.5) is 0 Å². The Balaban J connectivity index is 1.75. The van der Waals surface area contributed by atoms with Gasteiger partial charge in [-0.1, -0.05) is 6.92 Å². The van der Waals surface area contributed by atoms with Gasteiger partial charge in [-0.15, -0.1) is 0 Å². The molecule has 1 saturated heterocycles. The van der Waals surface area contributed by atoms with Crippen molar-refractivity contribution in [2.24, 2.45) is 5.73 Å². The van der Waals surface area contributed by atoms with Crippen LogP contribution in [-0.2, 0) is 4.79 Å². The second-order valence-corrected chi connectivity index (χ2v) is 6.26. The lowest BCUT2D eigenvalue weighted by Gasteiger charge is -2.41. The number of rotatable bonds is 7. The van der Waals surface area contributed by atoms with Gasteiger partial charge in [0.1, 0.15) is 0 Å². The van der Waals surface area contributed by atoms with E-state index in [-0.39, 0.29) is 11.9 Å². The first-order chi connectivity index (χ1) is 9.63. The van der Waals surface area contributed by atoms with Gasteiger partial charge in [-0.05, 0) is 26.2 Å². The molecule has 2 aliphatic rings. The number of nitrogens with one attached hydrogen (secondary N) is 1. The monoisotopic (exact) mass is 282 g/mol. The average molecular weight is 282 g/mol. The summed E-state index contributed by atoms with van der Waals surface area (Å²) in [6.07, 6.45) is 4.04. The van der Waals surface area contributed by atoms with Crippen molar-refractivity contribution in [2.45, 2.75) is 57.7 Å². The van der Waals surface area contributed by atoms with Crippen LogP contribution in [0.1, 0.15) is 39.5 Å². The highest BCUT2D eigenvalue weighted by atomic mass is 16.1. The van der Waals surface area contributed by atoms with Crippen molar-refractivity contribution < 1.29 is 4.79 Å². The van der Waals surface area contributed by atoms with Gasteiger partial charge in [0.2, 0.25) is 5.91 Å². The van der Waals surface area contributed by atoms with Crippen LogP contribution in [-0.4, -0.2) is 66.6 Å². The van der Waals surface area contributed by atoms with Gasteiger partial charge in [-0.3, -0.25) is 14.6 Å². The lowest BCUT2D eigenvalue weighted by Crippen LogP contribution is -2.55. The summed E-state index contributed by atoms with van der Waals surface area (Å²) in [4.78, 5) is 16.9. The summed E-state index contributed by atoms with van der Waals surface area (Å²) < 4.78 is 0. The zero-order valence-corrected chi connectivity index (χ0v) is 13.0. The lowest BCUT2D eigenvalue weighted by molar-refractivity contribution is -0.122. The molecule has 2 unspecified atom stereocenters. The first kappa shape index (κ1) is 15.7. The van der Waals surface area contributed by atoms with Crippen molar-refractivity contribution in [3.05, 3.63) is 0 Å². The molecule has 1 amide bonds. The summed E-state index contributed by atoms with van der Waals surface area (Å²) in [7, 11) is 0. The normalized spacial score (nSPS) is 24.4. The predicted molar refractivity (Wildman–Crippen MR) is 81.5 cm³/mol. The van der Waals surface area contributed by atoms with Crippen LogP contribution in [0.25, 0.3) is 0 Å². The third-order valence-corrected chi connectivity index (χ3v) is 4.71. The number of hydrogen-bond acceptors (Lipinski definition) is 4. The Labute approximate surface area is 122 Å². The van der Waals surface area contributed by atoms with Gasteiger partial charge >= 0.3 is 0 Å². The van der Waals surface area contributed by atoms with Gasteiger partial charge in [-0.25, -0.2) is 0 Å². The van der Waals surface area contributed by atoms with E-state index in [1.807, 2.05) is 0 Å². The average Bonchev–Trinajstić information content (AvgIpc) is 3.28. The minimum atomic E-state index is 0.173. The Bertz CT molecular complexity index is 311. The van der Waals surface area contributed by atoms with Gasteiger partial charge in [-0.2, -0.15) is 0 Å². The minimum Gasteiger partial charge on any atom is -0.353 e. The number of piperazine rings is 1. The number of hydrogen-bond donors (Lipinski definition) is 2. The van der Waals surface area contributed by atoms with E-state index >= 15 is 0 Å². The van der Waals surface area contributed by atoms with Crippen molar-refractivity contribution >= 4 is 5.91 Å². The Kier molecular flexibility index (Phi) is 5.81. The number of carbonyl (C=O) groups is 1. The van der Waals surface area contributed by atoms with E-state index in [0.717, 1.165) is 39.0 Å². The molecule has 1 heterocycles. The zero-order chi connectivity index (χ0) is 14.5. The molecule has 0 bridgehead atoms. The molecule has 0 spiro atoms. The molecule has 20 heavy (non-hydrogen) atoms. The molecule has 1 aliphatic heterocycles.